The van der Waals surface area contributed by atoms with Crippen LogP contribution in [0.5, 0.6) is 0 Å². The molecule has 0 heterocycles. The molecule has 18 heavy (non-hydrogen) atoms. The lowest BCUT2D eigenvalue weighted by molar-refractivity contribution is 1.14. The molecule has 0 N–H and O–H groups in total. The first kappa shape index (κ1) is 16.3. The smallest absolute Gasteiger partial charge is 0.0360 e. The van der Waals surface area contributed by atoms with Crippen LogP contribution >= 0.6 is 0 Å². The fourth-order valence-electron chi connectivity index (χ4n) is 1.33. The summed E-state index contributed by atoms with van der Waals surface area (Å²) >= 11 is 0. The summed E-state index contributed by atoms with van der Waals surface area (Å²) in [6.07, 6.45) is 16.0. The minimum atomic E-state index is 0.805. The summed E-state index contributed by atoms with van der Waals surface area (Å²) in [4.78, 5) is 8.43. The van der Waals surface area contributed by atoms with Crippen LogP contribution in [0.1, 0.15) is 27.7 Å². The fourth-order valence-corrected chi connectivity index (χ4v) is 1.33. The minimum absolute atomic E-state index is 0.805. The van der Waals surface area contributed by atoms with E-state index < -0.39 is 0 Å². The van der Waals surface area contributed by atoms with E-state index in [2.05, 4.69) is 22.1 Å². The third kappa shape index (κ3) is 7.55. The normalized spacial score (nSPS) is 14.9. The Balaban J connectivity index is 5.23. The second-order valence-electron chi connectivity index (χ2n) is 3.54. The number of aliphatic imine (C=N–C) groups is 2. The highest BCUT2D eigenvalue weighted by Gasteiger charge is 1.95. The predicted octanol–water partition coefficient (Wildman–Crippen LogP) is 4.17. The Kier molecular flexibility index (Phi) is 10.7. The van der Waals surface area contributed by atoms with Crippen LogP contribution < -0.4 is 0 Å². The number of nitrogens with zero attached hydrogens (tertiary/aromatic N) is 2. The Hall–Kier alpha value is -1.70. The highest BCUT2D eigenvalue weighted by molar-refractivity contribution is 5.79. The highest BCUT2D eigenvalue weighted by Crippen LogP contribution is 2.12. The van der Waals surface area contributed by atoms with E-state index in [9.17, 15) is 0 Å². The van der Waals surface area contributed by atoms with Crippen molar-refractivity contribution in [1.29, 1.82) is 0 Å². The molecule has 98 valence electrons. The van der Waals surface area contributed by atoms with Crippen molar-refractivity contribution in [3.63, 3.8) is 0 Å². The van der Waals surface area contributed by atoms with Gasteiger partial charge in [0.2, 0.25) is 0 Å². The first-order valence-electron chi connectivity index (χ1n) is 6.46. The first-order valence-corrected chi connectivity index (χ1v) is 6.46. The molecule has 0 bridgehead atoms. The van der Waals surface area contributed by atoms with Crippen molar-refractivity contribution in [2.75, 3.05) is 13.1 Å². The second-order valence-corrected chi connectivity index (χ2v) is 3.54. The molecule has 0 unspecified atom stereocenters. The number of rotatable bonds is 7. The van der Waals surface area contributed by atoms with Crippen LogP contribution in [0.3, 0.4) is 0 Å². The monoisotopic (exact) mass is 244 g/mol. The van der Waals surface area contributed by atoms with Gasteiger partial charge < -0.3 is 0 Å². The van der Waals surface area contributed by atoms with Gasteiger partial charge in [0.05, 0.1) is 0 Å². The van der Waals surface area contributed by atoms with Crippen molar-refractivity contribution < 1.29 is 0 Å². The van der Waals surface area contributed by atoms with Crippen molar-refractivity contribution in [3.05, 3.63) is 47.6 Å². The Morgan fingerprint density at radius 1 is 0.778 bits per heavy atom. The van der Waals surface area contributed by atoms with Gasteiger partial charge in [0.15, 0.2) is 0 Å². The van der Waals surface area contributed by atoms with E-state index >= 15 is 0 Å². The van der Waals surface area contributed by atoms with Gasteiger partial charge in [0.25, 0.3) is 0 Å². The molecule has 0 saturated heterocycles. The van der Waals surface area contributed by atoms with Gasteiger partial charge in [0, 0.05) is 25.5 Å². The molecule has 0 aliphatic rings. The summed E-state index contributed by atoms with van der Waals surface area (Å²) in [5.41, 5.74) is 2.27. The number of allylic oxidation sites excluding steroid dienone is 8. The van der Waals surface area contributed by atoms with Crippen LogP contribution in [0, 0.1) is 0 Å². The first-order chi connectivity index (χ1) is 8.79. The van der Waals surface area contributed by atoms with Gasteiger partial charge in [-0.05, 0) is 51.0 Å². The Morgan fingerprint density at radius 2 is 1.17 bits per heavy atom. The molecule has 0 aromatic heterocycles. The maximum Gasteiger partial charge on any atom is 0.0360 e. The molecule has 0 fully saturated rings. The number of hydrogen-bond acceptors (Lipinski definition) is 2. The Bertz CT molecular complexity index is 342. The fraction of sp³-hybridized carbons (Fsp3) is 0.375. The van der Waals surface area contributed by atoms with Crippen LogP contribution in [0.2, 0.25) is 0 Å². The van der Waals surface area contributed by atoms with Gasteiger partial charge in [-0.3, -0.25) is 9.98 Å². The standard InChI is InChI=1S/C16H24N2/c1-5-9-15(11-13-17-7-3)16(10-6-2)12-14-18-8-4/h5-6,9-14H,7-8H2,1-4H3/b9-5-,10-6-,15-11-,16-12+,17-13+,18-14+. The Labute approximate surface area is 111 Å². The lowest BCUT2D eigenvalue weighted by atomic mass is 10.0. The largest absolute Gasteiger partial charge is 0.293 e. The summed E-state index contributed by atoms with van der Waals surface area (Å²) in [7, 11) is 0. The summed E-state index contributed by atoms with van der Waals surface area (Å²) in [6, 6.07) is 0. The van der Waals surface area contributed by atoms with Crippen LogP contribution in [0.15, 0.2) is 57.6 Å². The zero-order valence-corrected chi connectivity index (χ0v) is 11.9. The molecular formula is C16H24N2. The van der Waals surface area contributed by atoms with Crippen LogP contribution in [-0.4, -0.2) is 25.5 Å². The molecule has 0 aromatic carbocycles. The second kappa shape index (κ2) is 11.8. The SMILES string of the molecule is C\C=C/C(=C/C=N/CC)C(/C=C\C)=C/C=N/CC. The topological polar surface area (TPSA) is 24.7 Å². The lowest BCUT2D eigenvalue weighted by Crippen LogP contribution is -1.86. The molecule has 0 radical (unpaired) electrons. The molecule has 0 aliphatic heterocycles. The van der Waals surface area contributed by atoms with E-state index in [1.54, 1.807) is 0 Å². The molecule has 2 nitrogen and oxygen atoms in total. The molecule has 0 spiro atoms. The van der Waals surface area contributed by atoms with Gasteiger partial charge in [-0.1, -0.05) is 24.3 Å². The lowest BCUT2D eigenvalue weighted by Gasteiger charge is -2.01. The summed E-state index contributed by atoms with van der Waals surface area (Å²) < 4.78 is 0. The van der Waals surface area contributed by atoms with Gasteiger partial charge in [0.1, 0.15) is 0 Å². The molecule has 0 aromatic rings. The van der Waals surface area contributed by atoms with Gasteiger partial charge in [-0.25, -0.2) is 0 Å². The van der Waals surface area contributed by atoms with E-state index in [1.807, 2.05) is 64.4 Å². The van der Waals surface area contributed by atoms with Crippen LogP contribution in [-0.2, 0) is 0 Å². The number of hydrogen-bond donors (Lipinski definition) is 0. The van der Waals surface area contributed by atoms with E-state index in [0.717, 1.165) is 24.2 Å². The summed E-state index contributed by atoms with van der Waals surface area (Å²) in [5.74, 6) is 0. The van der Waals surface area contributed by atoms with E-state index in [4.69, 9.17) is 0 Å². The van der Waals surface area contributed by atoms with Crippen molar-refractivity contribution in [3.8, 4) is 0 Å². The summed E-state index contributed by atoms with van der Waals surface area (Å²) in [5, 5.41) is 0. The van der Waals surface area contributed by atoms with E-state index in [-0.39, 0.29) is 0 Å². The molecular weight excluding hydrogens is 220 g/mol. The quantitative estimate of drug-likeness (QED) is 0.474. The van der Waals surface area contributed by atoms with Crippen LogP contribution in [0.25, 0.3) is 0 Å². The van der Waals surface area contributed by atoms with Crippen LogP contribution in [0.4, 0.5) is 0 Å². The predicted molar refractivity (Wildman–Crippen MR) is 83.9 cm³/mol. The van der Waals surface area contributed by atoms with Crippen molar-refractivity contribution in [2.45, 2.75) is 27.7 Å². The Morgan fingerprint density at radius 3 is 1.44 bits per heavy atom. The molecule has 0 rings (SSSR count). The molecule has 0 atom stereocenters. The van der Waals surface area contributed by atoms with Crippen molar-refractivity contribution in [1.82, 2.24) is 0 Å². The molecule has 2 heteroatoms. The van der Waals surface area contributed by atoms with Crippen molar-refractivity contribution >= 4 is 12.4 Å². The van der Waals surface area contributed by atoms with Gasteiger partial charge in [-0.2, -0.15) is 0 Å². The van der Waals surface area contributed by atoms with Gasteiger partial charge >= 0.3 is 0 Å². The third-order valence-corrected chi connectivity index (χ3v) is 2.11. The molecule has 0 aliphatic carbocycles. The maximum atomic E-state index is 4.21. The zero-order chi connectivity index (χ0) is 13.6. The zero-order valence-electron chi connectivity index (χ0n) is 11.9. The molecule has 0 saturated carbocycles. The van der Waals surface area contributed by atoms with E-state index in [1.165, 1.54) is 0 Å². The maximum absolute atomic E-state index is 4.21. The minimum Gasteiger partial charge on any atom is -0.293 e. The summed E-state index contributed by atoms with van der Waals surface area (Å²) in [6.45, 7) is 9.68. The average molecular weight is 244 g/mol. The van der Waals surface area contributed by atoms with Gasteiger partial charge in [-0.15, -0.1) is 0 Å². The third-order valence-electron chi connectivity index (χ3n) is 2.11. The average Bonchev–Trinajstić information content (AvgIpc) is 2.37. The van der Waals surface area contributed by atoms with E-state index in [0.29, 0.717) is 0 Å². The van der Waals surface area contributed by atoms with Crippen molar-refractivity contribution in [2.24, 2.45) is 9.98 Å². The highest BCUT2D eigenvalue weighted by atomic mass is 14.7. The molecule has 0 amide bonds.